The molecular weight excluding hydrogens is 298 g/mol. The Hall–Kier alpha value is -2.41. The molecule has 122 valence electrons. The normalized spacial score (nSPS) is 24.7. The maximum absolute atomic E-state index is 12.5. The number of nitrogens with one attached hydrogen (secondary N) is 1. The lowest BCUT2D eigenvalue weighted by atomic mass is 10.1. The quantitative estimate of drug-likeness (QED) is 0.825. The molecular formula is C16H19N3O4. The van der Waals surface area contributed by atoms with E-state index >= 15 is 0 Å². The van der Waals surface area contributed by atoms with Crippen molar-refractivity contribution in [2.45, 2.75) is 19.1 Å². The van der Waals surface area contributed by atoms with Crippen LogP contribution in [0.25, 0.3) is 0 Å². The molecule has 1 aromatic carbocycles. The first-order chi connectivity index (χ1) is 11.0. The van der Waals surface area contributed by atoms with Gasteiger partial charge in [-0.05, 0) is 12.5 Å². The average Bonchev–Trinajstić information content (AvgIpc) is 2.87. The summed E-state index contributed by atoms with van der Waals surface area (Å²) in [6, 6.07) is 9.20. The fourth-order valence-corrected chi connectivity index (χ4v) is 2.86. The Morgan fingerprint density at radius 3 is 2.65 bits per heavy atom. The van der Waals surface area contributed by atoms with Crippen LogP contribution < -0.4 is 5.32 Å². The standard InChI is InChI=1S/C16H19N3O4/c1-11-8-18(9-13(23-11)12-5-3-2-4-6-12)15(21)10-19-14(20)7-17-16(19)22/h2-6,11,13H,7-10H2,1H3,(H,17,22)/t11-,13-/m0/s1. The molecule has 2 atom stereocenters. The summed E-state index contributed by atoms with van der Waals surface area (Å²) in [6.07, 6.45) is -0.312. The lowest BCUT2D eigenvalue weighted by molar-refractivity contribution is -0.147. The number of amides is 4. The van der Waals surface area contributed by atoms with Gasteiger partial charge in [0.25, 0.3) is 5.91 Å². The molecule has 2 fully saturated rings. The minimum absolute atomic E-state index is 0.0434. The minimum Gasteiger partial charge on any atom is -0.367 e. The van der Waals surface area contributed by atoms with Gasteiger partial charge in [0.2, 0.25) is 5.91 Å². The maximum atomic E-state index is 12.5. The van der Waals surface area contributed by atoms with E-state index in [1.807, 2.05) is 37.3 Å². The van der Waals surface area contributed by atoms with E-state index in [9.17, 15) is 14.4 Å². The van der Waals surface area contributed by atoms with Crippen LogP contribution in [0.5, 0.6) is 0 Å². The van der Waals surface area contributed by atoms with Gasteiger partial charge in [0.05, 0.1) is 19.2 Å². The number of urea groups is 1. The number of morpholine rings is 1. The number of hydrogen-bond acceptors (Lipinski definition) is 4. The Labute approximate surface area is 134 Å². The highest BCUT2D eigenvalue weighted by Gasteiger charge is 2.34. The second-order valence-electron chi connectivity index (χ2n) is 5.78. The van der Waals surface area contributed by atoms with E-state index < -0.39 is 6.03 Å². The van der Waals surface area contributed by atoms with Crippen molar-refractivity contribution in [1.82, 2.24) is 15.1 Å². The molecule has 0 unspecified atom stereocenters. The van der Waals surface area contributed by atoms with Gasteiger partial charge in [0.15, 0.2) is 0 Å². The smallest absolute Gasteiger partial charge is 0.325 e. The minimum atomic E-state index is -0.510. The number of rotatable bonds is 3. The van der Waals surface area contributed by atoms with Crippen molar-refractivity contribution in [1.29, 1.82) is 0 Å². The first-order valence-corrected chi connectivity index (χ1v) is 7.61. The van der Waals surface area contributed by atoms with E-state index in [2.05, 4.69) is 5.32 Å². The molecule has 23 heavy (non-hydrogen) atoms. The molecule has 7 nitrogen and oxygen atoms in total. The Morgan fingerprint density at radius 1 is 1.26 bits per heavy atom. The van der Waals surface area contributed by atoms with Crippen LogP contribution in [-0.2, 0) is 14.3 Å². The highest BCUT2D eigenvalue weighted by atomic mass is 16.5. The summed E-state index contributed by atoms with van der Waals surface area (Å²) < 4.78 is 5.91. The number of carbonyl (C=O) groups excluding carboxylic acids is 3. The van der Waals surface area contributed by atoms with Gasteiger partial charge in [0.1, 0.15) is 12.6 Å². The van der Waals surface area contributed by atoms with Crippen LogP contribution in [0, 0.1) is 0 Å². The van der Waals surface area contributed by atoms with Gasteiger partial charge in [-0.1, -0.05) is 30.3 Å². The Balaban J connectivity index is 1.68. The van der Waals surface area contributed by atoms with E-state index in [1.165, 1.54) is 0 Å². The number of carbonyl (C=O) groups is 3. The van der Waals surface area contributed by atoms with Crippen molar-refractivity contribution >= 4 is 17.8 Å². The second-order valence-corrected chi connectivity index (χ2v) is 5.78. The molecule has 1 N–H and O–H groups in total. The lowest BCUT2D eigenvalue weighted by Crippen LogP contribution is -2.50. The lowest BCUT2D eigenvalue weighted by Gasteiger charge is -2.37. The zero-order chi connectivity index (χ0) is 16.4. The summed E-state index contributed by atoms with van der Waals surface area (Å²) in [5.41, 5.74) is 1.01. The molecule has 0 bridgehead atoms. The van der Waals surface area contributed by atoms with Crippen LogP contribution in [-0.4, -0.2) is 59.9 Å². The fourth-order valence-electron chi connectivity index (χ4n) is 2.86. The molecule has 0 aromatic heterocycles. The van der Waals surface area contributed by atoms with Crippen LogP contribution in [0.1, 0.15) is 18.6 Å². The molecule has 2 aliphatic rings. The van der Waals surface area contributed by atoms with E-state index in [4.69, 9.17) is 4.74 Å². The van der Waals surface area contributed by atoms with Crippen molar-refractivity contribution in [3.8, 4) is 0 Å². The van der Waals surface area contributed by atoms with Crippen molar-refractivity contribution in [2.24, 2.45) is 0 Å². The Morgan fingerprint density at radius 2 is 2.00 bits per heavy atom. The average molecular weight is 317 g/mol. The molecule has 0 saturated carbocycles. The summed E-state index contributed by atoms with van der Waals surface area (Å²) in [6.45, 7) is 2.50. The summed E-state index contributed by atoms with van der Waals surface area (Å²) in [7, 11) is 0. The first kappa shape index (κ1) is 15.5. The largest absolute Gasteiger partial charge is 0.367 e. The molecule has 1 aromatic rings. The second kappa shape index (κ2) is 6.37. The Kier molecular flexibility index (Phi) is 4.29. The topological polar surface area (TPSA) is 79.0 Å². The molecule has 2 aliphatic heterocycles. The molecule has 4 amide bonds. The third-order valence-corrected chi connectivity index (χ3v) is 4.01. The number of ether oxygens (including phenoxy) is 1. The molecule has 0 spiro atoms. The van der Waals surface area contributed by atoms with E-state index in [-0.39, 0.29) is 37.1 Å². The highest BCUT2D eigenvalue weighted by molar-refractivity contribution is 6.04. The number of imide groups is 1. The fraction of sp³-hybridized carbons (Fsp3) is 0.438. The molecule has 2 saturated heterocycles. The van der Waals surface area contributed by atoms with Crippen molar-refractivity contribution in [3.05, 3.63) is 35.9 Å². The molecule has 3 rings (SSSR count). The zero-order valence-electron chi connectivity index (χ0n) is 12.9. The SMILES string of the molecule is C[C@H]1CN(C(=O)CN2C(=O)CNC2=O)C[C@@H](c2ccccc2)O1. The summed E-state index contributed by atoms with van der Waals surface area (Å²) >= 11 is 0. The summed E-state index contributed by atoms with van der Waals surface area (Å²) in [4.78, 5) is 38.2. The van der Waals surface area contributed by atoms with E-state index in [1.54, 1.807) is 4.90 Å². The van der Waals surface area contributed by atoms with Gasteiger partial charge in [-0.15, -0.1) is 0 Å². The van der Waals surface area contributed by atoms with Crippen LogP contribution in [0.4, 0.5) is 4.79 Å². The van der Waals surface area contributed by atoms with Crippen molar-refractivity contribution in [3.63, 3.8) is 0 Å². The van der Waals surface area contributed by atoms with Crippen LogP contribution in [0.3, 0.4) is 0 Å². The first-order valence-electron chi connectivity index (χ1n) is 7.61. The monoisotopic (exact) mass is 317 g/mol. The summed E-state index contributed by atoms with van der Waals surface area (Å²) in [5, 5.41) is 2.41. The van der Waals surface area contributed by atoms with Gasteiger partial charge in [0, 0.05) is 6.54 Å². The van der Waals surface area contributed by atoms with Crippen LogP contribution in [0.15, 0.2) is 30.3 Å². The predicted molar refractivity (Wildman–Crippen MR) is 81.4 cm³/mol. The highest BCUT2D eigenvalue weighted by Crippen LogP contribution is 2.25. The zero-order valence-corrected chi connectivity index (χ0v) is 12.9. The molecule has 7 heteroatoms. The third-order valence-electron chi connectivity index (χ3n) is 4.01. The number of benzene rings is 1. The number of nitrogens with zero attached hydrogens (tertiary/aromatic N) is 2. The van der Waals surface area contributed by atoms with Crippen LogP contribution in [0.2, 0.25) is 0 Å². The van der Waals surface area contributed by atoms with Gasteiger partial charge in [-0.25, -0.2) is 4.79 Å². The summed E-state index contributed by atoms with van der Waals surface area (Å²) in [5.74, 6) is -0.615. The molecule has 0 radical (unpaired) electrons. The van der Waals surface area contributed by atoms with Crippen molar-refractivity contribution in [2.75, 3.05) is 26.2 Å². The van der Waals surface area contributed by atoms with Crippen LogP contribution >= 0.6 is 0 Å². The van der Waals surface area contributed by atoms with E-state index in [0.717, 1.165) is 10.5 Å². The number of hydrogen-bond donors (Lipinski definition) is 1. The molecule has 0 aliphatic carbocycles. The van der Waals surface area contributed by atoms with Crippen molar-refractivity contribution < 1.29 is 19.1 Å². The maximum Gasteiger partial charge on any atom is 0.325 e. The van der Waals surface area contributed by atoms with Gasteiger partial charge in [-0.3, -0.25) is 14.5 Å². The van der Waals surface area contributed by atoms with Gasteiger partial charge in [-0.2, -0.15) is 0 Å². The van der Waals surface area contributed by atoms with E-state index in [0.29, 0.717) is 13.1 Å². The molecule has 2 heterocycles. The predicted octanol–water partition coefficient (Wildman–Crippen LogP) is 0.527. The van der Waals surface area contributed by atoms with Gasteiger partial charge < -0.3 is 15.0 Å². The van der Waals surface area contributed by atoms with Gasteiger partial charge >= 0.3 is 6.03 Å². The Bertz CT molecular complexity index is 603. The third kappa shape index (κ3) is 3.34.